The molecule has 7 nitrogen and oxygen atoms in total. The van der Waals surface area contributed by atoms with Gasteiger partial charge in [-0.15, -0.1) is 0 Å². The first-order valence-electron chi connectivity index (χ1n) is 10.5. The fraction of sp³-hybridized carbons (Fsp3) is 0.391. The number of carbonyl (C=O) groups excluding carboxylic acids is 2. The Kier molecular flexibility index (Phi) is 7.78. The van der Waals surface area contributed by atoms with Gasteiger partial charge in [-0.25, -0.2) is 22.4 Å². The van der Waals surface area contributed by atoms with Crippen molar-refractivity contribution in [1.29, 1.82) is 0 Å². The number of rotatable bonds is 5. The Hall–Kier alpha value is -3.18. The Morgan fingerprint density at radius 2 is 1.56 bits per heavy atom. The van der Waals surface area contributed by atoms with Gasteiger partial charge in [-0.3, -0.25) is 4.79 Å². The molecule has 0 aliphatic carbocycles. The number of cyclic esters (lactones) is 1. The third-order valence-electron chi connectivity index (χ3n) is 4.97. The fourth-order valence-corrected chi connectivity index (χ4v) is 3.52. The van der Waals surface area contributed by atoms with Crippen molar-refractivity contribution < 1.29 is 41.7 Å². The van der Waals surface area contributed by atoms with Crippen molar-refractivity contribution in [3.63, 3.8) is 0 Å². The number of benzene rings is 2. The summed E-state index contributed by atoms with van der Waals surface area (Å²) in [6, 6.07) is 6.03. The van der Waals surface area contributed by atoms with Crippen LogP contribution in [-0.4, -0.2) is 48.1 Å². The van der Waals surface area contributed by atoms with Gasteiger partial charge in [0, 0.05) is 63.3 Å². The van der Waals surface area contributed by atoms with Crippen LogP contribution in [0.3, 0.4) is 0 Å². The van der Waals surface area contributed by atoms with E-state index in [-0.39, 0.29) is 18.7 Å². The van der Waals surface area contributed by atoms with Gasteiger partial charge in [-0.2, -0.15) is 0 Å². The first kappa shape index (κ1) is 25.4. The number of amides is 1. The van der Waals surface area contributed by atoms with Crippen molar-refractivity contribution in [3.8, 4) is 0 Å². The molecule has 2 fully saturated rings. The molecule has 2 saturated heterocycles. The highest BCUT2D eigenvalue weighted by Crippen LogP contribution is 2.26. The Balaban J connectivity index is 0.000000196. The van der Waals surface area contributed by atoms with Crippen LogP contribution in [0.25, 0.3) is 0 Å². The second-order valence-corrected chi connectivity index (χ2v) is 8.22. The molecule has 0 radical (unpaired) electrons. The van der Waals surface area contributed by atoms with E-state index in [1.807, 2.05) is 0 Å². The molecule has 0 saturated carbocycles. The lowest BCUT2D eigenvalue weighted by Gasteiger charge is -2.15. The average Bonchev–Trinajstić information content (AvgIpc) is 3.18. The average molecular weight is 484 g/mol. The number of carbonyl (C=O) groups is 2. The number of ether oxygens (including phenoxy) is 2. The normalized spacial score (nSPS) is 21.2. The topological polar surface area (TPSA) is 88.1 Å². The molecule has 2 aliphatic heterocycles. The number of nitrogens with zero attached hydrogens (tertiary/aromatic N) is 1. The van der Waals surface area contributed by atoms with Crippen LogP contribution < -0.4 is 10.2 Å². The molecular formula is C23H24F4N2O5. The Bertz CT molecular complexity index is 1030. The molecule has 2 aromatic rings. The number of esters is 1. The highest BCUT2D eigenvalue weighted by Gasteiger charge is 2.40. The summed E-state index contributed by atoms with van der Waals surface area (Å²) in [5.74, 6) is -4.62. The van der Waals surface area contributed by atoms with E-state index in [0.717, 1.165) is 24.3 Å². The van der Waals surface area contributed by atoms with Crippen molar-refractivity contribution in [3.05, 3.63) is 59.7 Å². The van der Waals surface area contributed by atoms with Gasteiger partial charge in [0.05, 0.1) is 0 Å². The molecule has 34 heavy (non-hydrogen) atoms. The number of nitrogens with one attached hydrogen (secondary N) is 1. The Morgan fingerprint density at radius 1 is 1.00 bits per heavy atom. The maximum atomic E-state index is 12.9. The predicted octanol–water partition coefficient (Wildman–Crippen LogP) is 3.51. The standard InChI is InChI=1S/C13H15F2NO3.C10H9F2NO2/c1-13(2)18-11(12(17)19-13)3-4-16-10-6-8(14)5-9(15)7-10;11-6-3-7(12)5-8(4-6)13-2-1-9(14)10(13)15/h5-7,11,16H,3-4H2,1-2H3;3-5,9,14H,1-2H2/t11-;9-/m11/s1. The van der Waals surface area contributed by atoms with Crippen molar-refractivity contribution in [2.75, 3.05) is 23.3 Å². The molecule has 2 atom stereocenters. The van der Waals surface area contributed by atoms with E-state index in [1.54, 1.807) is 13.8 Å². The summed E-state index contributed by atoms with van der Waals surface area (Å²) in [6.45, 7) is 3.93. The van der Waals surface area contributed by atoms with Crippen LogP contribution >= 0.6 is 0 Å². The van der Waals surface area contributed by atoms with Crippen LogP contribution in [0.2, 0.25) is 0 Å². The van der Waals surface area contributed by atoms with E-state index in [0.29, 0.717) is 18.7 Å². The number of hydrogen-bond donors (Lipinski definition) is 2. The zero-order valence-electron chi connectivity index (χ0n) is 18.5. The molecular weight excluding hydrogens is 460 g/mol. The van der Waals surface area contributed by atoms with E-state index in [9.17, 15) is 32.3 Å². The summed E-state index contributed by atoms with van der Waals surface area (Å²) in [5.41, 5.74) is 0.470. The van der Waals surface area contributed by atoms with Gasteiger partial charge in [-0.1, -0.05) is 0 Å². The zero-order valence-corrected chi connectivity index (χ0v) is 18.5. The number of aliphatic hydroxyl groups is 1. The number of anilines is 2. The lowest BCUT2D eigenvalue weighted by molar-refractivity contribution is -0.160. The highest BCUT2D eigenvalue weighted by atomic mass is 19.1. The monoisotopic (exact) mass is 484 g/mol. The van der Waals surface area contributed by atoms with E-state index < -0.39 is 53.1 Å². The molecule has 0 spiro atoms. The number of hydrogen-bond acceptors (Lipinski definition) is 6. The van der Waals surface area contributed by atoms with Crippen molar-refractivity contribution >= 4 is 23.3 Å². The summed E-state index contributed by atoms with van der Waals surface area (Å²) in [4.78, 5) is 24.0. The van der Waals surface area contributed by atoms with Crippen molar-refractivity contribution in [2.45, 2.75) is 44.7 Å². The summed E-state index contributed by atoms with van der Waals surface area (Å²) in [6.07, 6.45) is -1.06. The minimum absolute atomic E-state index is 0.147. The van der Waals surface area contributed by atoms with E-state index in [2.05, 4.69) is 5.32 Å². The van der Waals surface area contributed by atoms with Gasteiger partial charge < -0.3 is 24.8 Å². The van der Waals surface area contributed by atoms with Gasteiger partial charge in [0.1, 0.15) is 29.4 Å². The van der Waals surface area contributed by atoms with E-state index in [4.69, 9.17) is 9.47 Å². The second-order valence-electron chi connectivity index (χ2n) is 8.22. The smallest absolute Gasteiger partial charge is 0.337 e. The lowest BCUT2D eigenvalue weighted by atomic mass is 10.2. The maximum Gasteiger partial charge on any atom is 0.337 e. The first-order valence-corrected chi connectivity index (χ1v) is 10.5. The van der Waals surface area contributed by atoms with Crippen LogP contribution in [0, 0.1) is 23.3 Å². The molecule has 2 aromatic carbocycles. The Morgan fingerprint density at radius 3 is 2.03 bits per heavy atom. The minimum Gasteiger partial charge on any atom is -0.432 e. The summed E-state index contributed by atoms with van der Waals surface area (Å²) in [7, 11) is 0. The van der Waals surface area contributed by atoms with Crippen molar-refractivity contribution in [1.82, 2.24) is 0 Å². The second kappa shape index (κ2) is 10.4. The summed E-state index contributed by atoms with van der Waals surface area (Å²) in [5, 5.41) is 12.0. The predicted molar refractivity (Wildman–Crippen MR) is 114 cm³/mol. The minimum atomic E-state index is -1.06. The van der Waals surface area contributed by atoms with Gasteiger partial charge in [0.25, 0.3) is 5.91 Å². The molecule has 4 rings (SSSR count). The SMILES string of the molecule is CC1(C)OC(=O)[C@@H](CCNc2cc(F)cc(F)c2)O1.O=C1[C@H](O)CCN1c1cc(F)cc(F)c1. The molecule has 2 N–H and O–H groups in total. The fourth-order valence-electron chi connectivity index (χ4n) is 3.52. The first-order chi connectivity index (χ1) is 15.9. The van der Waals surface area contributed by atoms with Crippen LogP contribution in [0.4, 0.5) is 28.9 Å². The van der Waals surface area contributed by atoms with Gasteiger partial charge in [0.15, 0.2) is 6.10 Å². The quantitative estimate of drug-likeness (QED) is 0.499. The lowest BCUT2D eigenvalue weighted by Crippen LogP contribution is -2.29. The van der Waals surface area contributed by atoms with Gasteiger partial charge in [-0.05, 0) is 24.3 Å². The molecule has 0 unspecified atom stereocenters. The number of halogens is 4. The molecule has 11 heteroatoms. The van der Waals surface area contributed by atoms with Crippen LogP contribution in [0.1, 0.15) is 26.7 Å². The van der Waals surface area contributed by atoms with Crippen LogP contribution in [0.15, 0.2) is 36.4 Å². The molecule has 2 heterocycles. The van der Waals surface area contributed by atoms with Crippen LogP contribution in [0.5, 0.6) is 0 Å². The molecule has 2 aliphatic rings. The third kappa shape index (κ3) is 6.67. The van der Waals surface area contributed by atoms with Crippen molar-refractivity contribution in [2.24, 2.45) is 0 Å². The highest BCUT2D eigenvalue weighted by molar-refractivity contribution is 5.98. The van der Waals surface area contributed by atoms with E-state index >= 15 is 0 Å². The molecule has 184 valence electrons. The largest absolute Gasteiger partial charge is 0.432 e. The maximum absolute atomic E-state index is 12.9. The third-order valence-corrected chi connectivity index (χ3v) is 4.97. The summed E-state index contributed by atoms with van der Waals surface area (Å²) >= 11 is 0. The zero-order chi connectivity index (χ0) is 25.0. The number of aliphatic hydroxyl groups excluding tert-OH is 1. The molecule has 1 amide bonds. The molecule has 0 aromatic heterocycles. The van der Waals surface area contributed by atoms with E-state index in [1.165, 1.54) is 17.0 Å². The summed E-state index contributed by atoms with van der Waals surface area (Å²) < 4.78 is 62.0. The Labute approximate surface area is 193 Å². The van der Waals surface area contributed by atoms with Gasteiger partial charge >= 0.3 is 5.97 Å². The van der Waals surface area contributed by atoms with Crippen LogP contribution in [-0.2, 0) is 19.1 Å². The molecule has 0 bridgehead atoms. The van der Waals surface area contributed by atoms with Gasteiger partial charge in [0.2, 0.25) is 5.79 Å².